The highest BCUT2D eigenvalue weighted by molar-refractivity contribution is 5.74. The van der Waals surface area contributed by atoms with Crippen LogP contribution in [0.2, 0.25) is 0 Å². The lowest BCUT2D eigenvalue weighted by molar-refractivity contribution is 0.910. The molecule has 0 radical (unpaired) electrons. The van der Waals surface area contributed by atoms with Crippen LogP contribution < -0.4 is 0 Å². The maximum Gasteiger partial charge on any atom is 0.0661 e. The molecule has 0 fully saturated rings. The van der Waals surface area contributed by atoms with Gasteiger partial charge < -0.3 is 0 Å². The Kier molecular flexibility index (Phi) is 4.30. The van der Waals surface area contributed by atoms with Crippen LogP contribution in [-0.4, -0.2) is 6.21 Å². The summed E-state index contributed by atoms with van der Waals surface area (Å²) in [5, 5.41) is 0. The number of nitrogens with zero attached hydrogens (tertiary/aromatic N) is 1. The van der Waals surface area contributed by atoms with E-state index in [0.717, 1.165) is 5.69 Å². The summed E-state index contributed by atoms with van der Waals surface area (Å²) in [6, 6.07) is 16.8. The number of hydrogen-bond acceptors (Lipinski definition) is 1. The number of allylic oxidation sites excluding steroid dienone is 1. The van der Waals surface area contributed by atoms with E-state index in [4.69, 9.17) is 0 Å². The maximum absolute atomic E-state index is 4.42. The van der Waals surface area contributed by atoms with Crippen LogP contribution in [-0.2, 0) is 0 Å². The number of aliphatic imine (C=N–C) groups is 1. The molecule has 1 nitrogen and oxygen atoms in total. The fourth-order valence-electron chi connectivity index (χ4n) is 2.30. The van der Waals surface area contributed by atoms with E-state index in [1.165, 1.54) is 16.7 Å². The van der Waals surface area contributed by atoms with Crippen molar-refractivity contribution in [3.8, 4) is 0 Å². The summed E-state index contributed by atoms with van der Waals surface area (Å²) in [7, 11) is 0. The third kappa shape index (κ3) is 3.00. The molecule has 0 aliphatic carbocycles. The molecule has 1 atom stereocenters. The molecule has 96 valence electrons. The lowest BCUT2D eigenvalue weighted by Gasteiger charge is -2.16. The summed E-state index contributed by atoms with van der Waals surface area (Å²) in [6.07, 6.45) is 3.44. The van der Waals surface area contributed by atoms with Gasteiger partial charge in [0.25, 0.3) is 0 Å². The van der Waals surface area contributed by atoms with Gasteiger partial charge in [-0.05, 0) is 29.7 Å². The molecule has 1 heteroatoms. The van der Waals surface area contributed by atoms with Gasteiger partial charge in [0.1, 0.15) is 0 Å². The second-order valence-electron chi connectivity index (χ2n) is 4.64. The minimum atomic E-state index is 0.375. The Morgan fingerprint density at radius 1 is 1.05 bits per heavy atom. The summed E-state index contributed by atoms with van der Waals surface area (Å²) in [5.74, 6) is 0.375. The topological polar surface area (TPSA) is 12.4 Å². The van der Waals surface area contributed by atoms with Crippen molar-refractivity contribution in [1.82, 2.24) is 0 Å². The van der Waals surface area contributed by atoms with Crippen LogP contribution in [0.1, 0.15) is 29.5 Å². The van der Waals surface area contributed by atoms with E-state index in [1.54, 1.807) is 12.3 Å². The van der Waals surface area contributed by atoms with E-state index in [9.17, 15) is 0 Å². The predicted octanol–water partition coefficient (Wildman–Crippen LogP) is 5.04. The molecule has 0 bridgehead atoms. The van der Waals surface area contributed by atoms with E-state index >= 15 is 0 Å². The molecule has 0 saturated heterocycles. The second-order valence-corrected chi connectivity index (χ2v) is 4.64. The van der Waals surface area contributed by atoms with E-state index in [-0.39, 0.29) is 0 Å². The predicted molar refractivity (Wildman–Crippen MR) is 83.5 cm³/mol. The number of rotatable bonds is 4. The van der Waals surface area contributed by atoms with Gasteiger partial charge in [-0.1, -0.05) is 62.0 Å². The molecule has 0 heterocycles. The highest BCUT2D eigenvalue weighted by Gasteiger charge is 2.12. The minimum Gasteiger partial charge on any atom is -0.257 e. The molecule has 0 amide bonds. The quantitative estimate of drug-likeness (QED) is 0.673. The van der Waals surface area contributed by atoms with Crippen molar-refractivity contribution in [3.05, 3.63) is 77.9 Å². The van der Waals surface area contributed by atoms with E-state index in [2.05, 4.69) is 61.8 Å². The SMILES string of the molecule is C=CC=Nc1cccc(C(C)c2ccccc2)c1C. The van der Waals surface area contributed by atoms with Crippen molar-refractivity contribution in [2.75, 3.05) is 0 Å². The first kappa shape index (κ1) is 13.3. The molecule has 1 unspecified atom stereocenters. The fourth-order valence-corrected chi connectivity index (χ4v) is 2.30. The summed E-state index contributed by atoms with van der Waals surface area (Å²) in [5.41, 5.74) is 4.90. The van der Waals surface area contributed by atoms with Gasteiger partial charge >= 0.3 is 0 Å². The Bertz CT molecular complexity index is 582. The van der Waals surface area contributed by atoms with Crippen molar-refractivity contribution < 1.29 is 0 Å². The minimum absolute atomic E-state index is 0.375. The second kappa shape index (κ2) is 6.14. The normalized spacial score (nSPS) is 12.5. The molecule has 0 N–H and O–H groups in total. The molecule has 19 heavy (non-hydrogen) atoms. The van der Waals surface area contributed by atoms with Crippen molar-refractivity contribution in [3.63, 3.8) is 0 Å². The molecule has 0 aliphatic rings. The average Bonchev–Trinajstić information content (AvgIpc) is 2.46. The number of benzene rings is 2. The zero-order chi connectivity index (χ0) is 13.7. The van der Waals surface area contributed by atoms with Crippen LogP contribution in [0.3, 0.4) is 0 Å². The lowest BCUT2D eigenvalue weighted by Crippen LogP contribution is -1.98. The summed E-state index contributed by atoms with van der Waals surface area (Å²) in [4.78, 5) is 4.42. The van der Waals surface area contributed by atoms with Crippen molar-refractivity contribution >= 4 is 11.9 Å². The molecule has 0 saturated carbocycles. The van der Waals surface area contributed by atoms with E-state index < -0.39 is 0 Å². The Morgan fingerprint density at radius 2 is 1.79 bits per heavy atom. The van der Waals surface area contributed by atoms with Gasteiger partial charge in [0.15, 0.2) is 0 Å². The van der Waals surface area contributed by atoms with Gasteiger partial charge in [-0.2, -0.15) is 0 Å². The highest BCUT2D eigenvalue weighted by Crippen LogP contribution is 2.31. The monoisotopic (exact) mass is 249 g/mol. The Hall–Kier alpha value is -2.15. The Balaban J connectivity index is 2.40. The third-order valence-electron chi connectivity index (χ3n) is 3.43. The van der Waals surface area contributed by atoms with Gasteiger partial charge in [-0.3, -0.25) is 4.99 Å². The molecular formula is C18H19N. The fraction of sp³-hybridized carbons (Fsp3) is 0.167. The molecule has 0 spiro atoms. The van der Waals surface area contributed by atoms with Crippen LogP contribution >= 0.6 is 0 Å². The molecule has 2 aromatic rings. The first-order chi connectivity index (χ1) is 9.24. The standard InChI is InChI=1S/C18H19N/c1-4-13-19-18-12-8-11-17(15(18)3)14(2)16-9-6-5-7-10-16/h4-14H,1H2,2-3H3. The van der Waals surface area contributed by atoms with Gasteiger partial charge in [-0.25, -0.2) is 0 Å². The first-order valence-corrected chi connectivity index (χ1v) is 6.53. The van der Waals surface area contributed by atoms with Crippen LogP contribution in [0.15, 0.2) is 66.2 Å². The average molecular weight is 249 g/mol. The first-order valence-electron chi connectivity index (χ1n) is 6.53. The van der Waals surface area contributed by atoms with Crippen LogP contribution in [0.5, 0.6) is 0 Å². The van der Waals surface area contributed by atoms with Gasteiger partial charge in [0.05, 0.1) is 5.69 Å². The smallest absolute Gasteiger partial charge is 0.0661 e. The summed E-state index contributed by atoms with van der Waals surface area (Å²) >= 11 is 0. The van der Waals surface area contributed by atoms with Crippen LogP contribution in [0.4, 0.5) is 5.69 Å². The van der Waals surface area contributed by atoms with Gasteiger partial charge in [0, 0.05) is 12.1 Å². The molecule has 2 aromatic carbocycles. The summed E-state index contributed by atoms with van der Waals surface area (Å²) in [6.45, 7) is 8.03. The molecule has 2 rings (SSSR count). The van der Waals surface area contributed by atoms with E-state index in [1.807, 2.05) is 12.1 Å². The number of hydrogen-bond donors (Lipinski definition) is 0. The zero-order valence-corrected chi connectivity index (χ0v) is 11.5. The lowest BCUT2D eigenvalue weighted by atomic mass is 9.89. The van der Waals surface area contributed by atoms with Gasteiger partial charge in [0.2, 0.25) is 0 Å². The van der Waals surface area contributed by atoms with Crippen molar-refractivity contribution in [2.24, 2.45) is 4.99 Å². The Labute approximate surface area is 115 Å². The maximum atomic E-state index is 4.42. The van der Waals surface area contributed by atoms with Crippen LogP contribution in [0, 0.1) is 6.92 Å². The highest BCUT2D eigenvalue weighted by atomic mass is 14.7. The Morgan fingerprint density at radius 3 is 2.47 bits per heavy atom. The van der Waals surface area contributed by atoms with Crippen molar-refractivity contribution in [1.29, 1.82) is 0 Å². The van der Waals surface area contributed by atoms with Gasteiger partial charge in [-0.15, -0.1) is 0 Å². The molecule has 0 aliphatic heterocycles. The van der Waals surface area contributed by atoms with Crippen molar-refractivity contribution in [2.45, 2.75) is 19.8 Å². The van der Waals surface area contributed by atoms with E-state index in [0.29, 0.717) is 5.92 Å². The summed E-state index contributed by atoms with van der Waals surface area (Å²) < 4.78 is 0. The third-order valence-corrected chi connectivity index (χ3v) is 3.43. The largest absolute Gasteiger partial charge is 0.257 e. The van der Waals surface area contributed by atoms with Crippen LogP contribution in [0.25, 0.3) is 0 Å². The zero-order valence-electron chi connectivity index (χ0n) is 11.5. The molecule has 0 aromatic heterocycles. The molecular weight excluding hydrogens is 230 g/mol.